The van der Waals surface area contributed by atoms with E-state index in [1.165, 1.54) is 0 Å². The van der Waals surface area contributed by atoms with E-state index in [1.54, 1.807) is 6.26 Å². The van der Waals surface area contributed by atoms with Crippen molar-refractivity contribution in [3.05, 3.63) is 54.6 Å². The fraction of sp³-hybridized carbons (Fsp3) is 0.350. The summed E-state index contributed by atoms with van der Waals surface area (Å²) in [5, 5.41) is 3.88. The van der Waals surface area contributed by atoms with Crippen LogP contribution in [0.3, 0.4) is 0 Å². The van der Waals surface area contributed by atoms with Gasteiger partial charge in [-0.05, 0) is 36.2 Å². The van der Waals surface area contributed by atoms with Crippen LogP contribution in [-0.2, 0) is 17.8 Å². The molecule has 2 aromatic heterocycles. The van der Waals surface area contributed by atoms with E-state index in [4.69, 9.17) is 9.15 Å². The van der Waals surface area contributed by atoms with Crippen molar-refractivity contribution in [3.63, 3.8) is 0 Å². The van der Waals surface area contributed by atoms with Gasteiger partial charge in [0, 0.05) is 31.1 Å². The predicted octanol–water partition coefficient (Wildman–Crippen LogP) is 3.63. The summed E-state index contributed by atoms with van der Waals surface area (Å²) in [4.78, 5) is 12.0. The van der Waals surface area contributed by atoms with Gasteiger partial charge in [0.15, 0.2) is 6.61 Å². The summed E-state index contributed by atoms with van der Waals surface area (Å²) in [6, 6.07) is 11.7. The highest BCUT2D eigenvalue weighted by Gasteiger charge is 2.09. The quantitative estimate of drug-likeness (QED) is 0.681. The molecule has 3 aromatic rings. The molecule has 0 aliphatic rings. The van der Waals surface area contributed by atoms with Crippen molar-refractivity contribution < 1.29 is 13.9 Å². The zero-order chi connectivity index (χ0) is 17.6. The number of benzene rings is 1. The van der Waals surface area contributed by atoms with Crippen molar-refractivity contribution in [2.75, 3.05) is 13.2 Å². The second-order valence-corrected chi connectivity index (χ2v) is 6.52. The first-order chi connectivity index (χ1) is 12.1. The van der Waals surface area contributed by atoms with Crippen LogP contribution in [0.25, 0.3) is 10.9 Å². The molecule has 0 fully saturated rings. The first-order valence-corrected chi connectivity index (χ1v) is 8.63. The molecule has 2 heterocycles. The van der Waals surface area contributed by atoms with Crippen molar-refractivity contribution in [1.29, 1.82) is 0 Å². The van der Waals surface area contributed by atoms with Gasteiger partial charge in [-0.3, -0.25) is 4.79 Å². The van der Waals surface area contributed by atoms with Crippen molar-refractivity contribution in [1.82, 2.24) is 9.88 Å². The van der Waals surface area contributed by atoms with Crippen LogP contribution in [0.15, 0.2) is 53.3 Å². The molecule has 1 aromatic carbocycles. The molecule has 1 amide bonds. The first-order valence-electron chi connectivity index (χ1n) is 8.63. The van der Waals surface area contributed by atoms with E-state index in [0.717, 1.165) is 29.0 Å². The summed E-state index contributed by atoms with van der Waals surface area (Å²) < 4.78 is 13.2. The van der Waals surface area contributed by atoms with Crippen LogP contribution in [0.4, 0.5) is 0 Å². The molecule has 0 saturated carbocycles. The molecular weight excluding hydrogens is 316 g/mol. The van der Waals surface area contributed by atoms with Crippen molar-refractivity contribution >= 4 is 16.8 Å². The van der Waals surface area contributed by atoms with E-state index in [1.807, 2.05) is 30.3 Å². The summed E-state index contributed by atoms with van der Waals surface area (Å²) in [5.74, 6) is 2.03. The molecule has 0 atom stereocenters. The van der Waals surface area contributed by atoms with Gasteiger partial charge in [-0.15, -0.1) is 0 Å². The molecular formula is C20H24N2O3. The van der Waals surface area contributed by atoms with Gasteiger partial charge in [-0.1, -0.05) is 19.9 Å². The molecule has 3 rings (SSSR count). The molecule has 5 heteroatoms. The van der Waals surface area contributed by atoms with E-state index in [9.17, 15) is 4.79 Å². The third-order valence-corrected chi connectivity index (χ3v) is 3.97. The van der Waals surface area contributed by atoms with E-state index in [0.29, 0.717) is 18.9 Å². The number of amides is 1. The fourth-order valence-corrected chi connectivity index (χ4v) is 2.85. The highest BCUT2D eigenvalue weighted by molar-refractivity contribution is 5.87. The minimum atomic E-state index is -0.134. The number of fused-ring (bicyclic) bond motifs is 1. The predicted molar refractivity (Wildman–Crippen MR) is 97.7 cm³/mol. The van der Waals surface area contributed by atoms with E-state index < -0.39 is 0 Å². The Hall–Kier alpha value is -2.69. The minimum Gasteiger partial charge on any atom is -0.483 e. The molecule has 0 spiro atoms. The third-order valence-electron chi connectivity index (χ3n) is 3.97. The number of nitrogens with zero attached hydrogens (tertiary/aromatic N) is 1. The normalized spacial score (nSPS) is 11.2. The molecule has 0 aliphatic carbocycles. The number of aromatic nitrogens is 1. The zero-order valence-electron chi connectivity index (χ0n) is 14.7. The summed E-state index contributed by atoms with van der Waals surface area (Å²) in [5.41, 5.74) is 1.13. The molecule has 0 saturated heterocycles. The molecule has 25 heavy (non-hydrogen) atoms. The van der Waals surface area contributed by atoms with Gasteiger partial charge in [-0.2, -0.15) is 0 Å². The van der Waals surface area contributed by atoms with Crippen LogP contribution in [-0.4, -0.2) is 23.6 Å². The lowest BCUT2D eigenvalue weighted by Crippen LogP contribution is -2.30. The Labute approximate surface area is 147 Å². The summed E-state index contributed by atoms with van der Waals surface area (Å²) in [6.45, 7) is 5.88. The number of carbonyl (C=O) groups excluding carboxylic acids is 1. The molecule has 0 radical (unpaired) electrons. The SMILES string of the molecule is CC(C)Cn1ccc2c(OCC(=O)NCCc3ccco3)cccc21. The number of hydrogen-bond acceptors (Lipinski definition) is 3. The van der Waals surface area contributed by atoms with Gasteiger partial charge >= 0.3 is 0 Å². The highest BCUT2D eigenvalue weighted by atomic mass is 16.5. The number of ether oxygens (including phenoxy) is 1. The molecule has 5 nitrogen and oxygen atoms in total. The Morgan fingerprint density at radius 3 is 2.88 bits per heavy atom. The minimum absolute atomic E-state index is 0.00658. The van der Waals surface area contributed by atoms with Crippen LogP contribution < -0.4 is 10.1 Å². The zero-order valence-corrected chi connectivity index (χ0v) is 14.7. The first kappa shape index (κ1) is 17.1. The number of furan rings is 1. The molecule has 0 aliphatic heterocycles. The highest BCUT2D eigenvalue weighted by Crippen LogP contribution is 2.27. The topological polar surface area (TPSA) is 56.4 Å². The van der Waals surface area contributed by atoms with Crippen LogP contribution >= 0.6 is 0 Å². The molecule has 0 unspecified atom stereocenters. The van der Waals surface area contributed by atoms with Gasteiger partial charge in [-0.25, -0.2) is 0 Å². The Balaban J connectivity index is 1.55. The number of carbonyl (C=O) groups is 1. The fourth-order valence-electron chi connectivity index (χ4n) is 2.85. The Morgan fingerprint density at radius 1 is 1.24 bits per heavy atom. The van der Waals surface area contributed by atoms with Gasteiger partial charge in [0.2, 0.25) is 0 Å². The maximum atomic E-state index is 12.0. The van der Waals surface area contributed by atoms with E-state index >= 15 is 0 Å². The van der Waals surface area contributed by atoms with E-state index in [-0.39, 0.29) is 12.5 Å². The summed E-state index contributed by atoms with van der Waals surface area (Å²) in [7, 11) is 0. The van der Waals surface area contributed by atoms with Crippen LogP contribution in [0.1, 0.15) is 19.6 Å². The number of hydrogen-bond donors (Lipinski definition) is 1. The van der Waals surface area contributed by atoms with Gasteiger partial charge in [0.05, 0.1) is 11.8 Å². The van der Waals surface area contributed by atoms with Crippen molar-refractivity contribution in [2.45, 2.75) is 26.8 Å². The van der Waals surface area contributed by atoms with Gasteiger partial charge in [0.1, 0.15) is 11.5 Å². The smallest absolute Gasteiger partial charge is 0.257 e. The summed E-state index contributed by atoms with van der Waals surface area (Å²) in [6.07, 6.45) is 4.37. The lowest BCUT2D eigenvalue weighted by molar-refractivity contribution is -0.123. The van der Waals surface area contributed by atoms with Crippen molar-refractivity contribution in [3.8, 4) is 5.75 Å². The molecule has 132 valence electrons. The van der Waals surface area contributed by atoms with Crippen molar-refractivity contribution in [2.24, 2.45) is 5.92 Å². The monoisotopic (exact) mass is 340 g/mol. The Bertz CT molecular complexity index is 819. The second-order valence-electron chi connectivity index (χ2n) is 6.52. The molecule has 0 bridgehead atoms. The second kappa shape index (κ2) is 7.92. The number of nitrogens with one attached hydrogen (secondary N) is 1. The summed E-state index contributed by atoms with van der Waals surface area (Å²) >= 11 is 0. The van der Waals surface area contributed by atoms with Gasteiger partial charge < -0.3 is 19.0 Å². The standard InChI is InChI=1S/C20H24N2O3/c1-15(2)13-22-11-9-17-18(22)6-3-7-19(17)25-14-20(23)21-10-8-16-5-4-12-24-16/h3-7,9,11-12,15H,8,10,13-14H2,1-2H3,(H,21,23). The Morgan fingerprint density at radius 2 is 2.12 bits per heavy atom. The van der Waals surface area contributed by atoms with E-state index in [2.05, 4.69) is 36.0 Å². The van der Waals surface area contributed by atoms with Gasteiger partial charge in [0.25, 0.3) is 5.91 Å². The largest absolute Gasteiger partial charge is 0.483 e. The number of rotatable bonds is 8. The third kappa shape index (κ3) is 4.44. The van der Waals surface area contributed by atoms with Crippen LogP contribution in [0.2, 0.25) is 0 Å². The lowest BCUT2D eigenvalue weighted by atomic mass is 10.2. The van der Waals surface area contributed by atoms with Crippen LogP contribution in [0, 0.1) is 5.92 Å². The Kier molecular flexibility index (Phi) is 5.43. The van der Waals surface area contributed by atoms with Crippen LogP contribution in [0.5, 0.6) is 5.75 Å². The average molecular weight is 340 g/mol. The maximum Gasteiger partial charge on any atom is 0.257 e. The molecule has 1 N–H and O–H groups in total. The maximum absolute atomic E-state index is 12.0. The lowest BCUT2D eigenvalue weighted by Gasteiger charge is -2.10. The average Bonchev–Trinajstić information content (AvgIpc) is 3.23.